The van der Waals surface area contributed by atoms with Crippen LogP contribution in [0.2, 0.25) is 0 Å². The highest BCUT2D eigenvalue weighted by Gasteiger charge is 2.12. The zero-order valence-electron chi connectivity index (χ0n) is 13.9. The third-order valence-electron chi connectivity index (χ3n) is 3.46. The molecule has 0 saturated heterocycles. The number of hydrogen-bond donors (Lipinski definition) is 1. The molecule has 1 amide bonds. The third-order valence-corrected chi connectivity index (χ3v) is 4.35. The van der Waals surface area contributed by atoms with E-state index >= 15 is 0 Å². The van der Waals surface area contributed by atoms with Crippen molar-refractivity contribution in [1.82, 2.24) is 4.98 Å². The molecule has 126 valence electrons. The molecule has 0 spiro atoms. The van der Waals surface area contributed by atoms with Crippen LogP contribution >= 0.6 is 11.3 Å². The van der Waals surface area contributed by atoms with Crippen LogP contribution in [-0.4, -0.2) is 17.5 Å². The van der Waals surface area contributed by atoms with Gasteiger partial charge in [-0.25, -0.2) is 4.98 Å². The monoisotopic (exact) mass is 350 g/mol. The fourth-order valence-corrected chi connectivity index (χ4v) is 3.10. The second-order valence-electron chi connectivity index (χ2n) is 5.49. The van der Waals surface area contributed by atoms with Gasteiger partial charge >= 0.3 is 0 Å². The summed E-state index contributed by atoms with van der Waals surface area (Å²) in [5.74, 6) is 0.533. The Bertz CT molecular complexity index is 902. The topological polar surface area (TPSA) is 51.2 Å². The van der Waals surface area contributed by atoms with Crippen molar-refractivity contribution >= 4 is 22.9 Å². The van der Waals surface area contributed by atoms with Crippen molar-refractivity contribution in [2.45, 2.75) is 6.92 Å². The minimum absolute atomic E-state index is 0.216. The molecule has 0 unspecified atom stereocenters. The molecule has 0 bridgehead atoms. The average molecular weight is 350 g/mol. The van der Waals surface area contributed by atoms with E-state index in [4.69, 9.17) is 4.74 Å². The van der Waals surface area contributed by atoms with E-state index in [0.717, 1.165) is 27.6 Å². The summed E-state index contributed by atoms with van der Waals surface area (Å²) in [6, 6.07) is 15.3. The Morgan fingerprint density at radius 1 is 1.28 bits per heavy atom. The lowest BCUT2D eigenvalue weighted by atomic mass is 10.2. The van der Waals surface area contributed by atoms with Crippen LogP contribution in [0.25, 0.3) is 10.6 Å². The number of amides is 1. The highest BCUT2D eigenvalue weighted by molar-refractivity contribution is 7.13. The van der Waals surface area contributed by atoms with Gasteiger partial charge in [0.25, 0.3) is 5.91 Å². The molecular weight excluding hydrogens is 332 g/mol. The summed E-state index contributed by atoms with van der Waals surface area (Å²) in [4.78, 5) is 16.8. The molecule has 1 heterocycles. The van der Waals surface area contributed by atoms with Crippen molar-refractivity contribution in [3.05, 3.63) is 77.8 Å². The average Bonchev–Trinajstić information content (AvgIpc) is 3.10. The van der Waals surface area contributed by atoms with Crippen LogP contribution in [0, 0.1) is 6.92 Å². The number of aromatic nitrogens is 1. The van der Waals surface area contributed by atoms with Gasteiger partial charge < -0.3 is 10.1 Å². The van der Waals surface area contributed by atoms with Gasteiger partial charge in [0.15, 0.2) is 0 Å². The van der Waals surface area contributed by atoms with Crippen LogP contribution in [0.1, 0.15) is 16.1 Å². The van der Waals surface area contributed by atoms with Gasteiger partial charge in [-0.05, 0) is 36.8 Å². The third kappa shape index (κ3) is 4.33. The molecule has 0 saturated carbocycles. The number of rotatable bonds is 6. The molecule has 0 atom stereocenters. The first-order valence-electron chi connectivity index (χ1n) is 7.83. The molecular formula is C20H18N2O2S. The van der Waals surface area contributed by atoms with Crippen LogP contribution < -0.4 is 10.1 Å². The van der Waals surface area contributed by atoms with Crippen LogP contribution in [0.5, 0.6) is 5.75 Å². The molecule has 0 aliphatic heterocycles. The predicted octanol–water partition coefficient (Wildman–Crippen LogP) is 4.94. The number of hydrogen-bond acceptors (Lipinski definition) is 4. The zero-order valence-corrected chi connectivity index (χ0v) is 14.7. The number of thiazole rings is 1. The lowest BCUT2D eigenvalue weighted by molar-refractivity contribution is 0.102. The Kier molecular flexibility index (Phi) is 5.26. The standard InChI is InChI=1S/C20H18N2O2S/c1-3-10-24-17-9-5-7-15(12-17)20-22-18(13-25-20)19(23)21-16-8-4-6-14(2)11-16/h3-9,11-13H,1,10H2,2H3,(H,21,23). The molecule has 0 radical (unpaired) electrons. The smallest absolute Gasteiger partial charge is 0.275 e. The molecule has 5 heteroatoms. The predicted molar refractivity (Wildman–Crippen MR) is 102 cm³/mol. The maximum Gasteiger partial charge on any atom is 0.275 e. The molecule has 25 heavy (non-hydrogen) atoms. The first kappa shape index (κ1) is 16.9. The molecule has 1 aromatic heterocycles. The van der Waals surface area contributed by atoms with Crippen LogP contribution in [0.3, 0.4) is 0 Å². The number of carbonyl (C=O) groups is 1. The van der Waals surface area contributed by atoms with E-state index in [1.165, 1.54) is 11.3 Å². The van der Waals surface area contributed by atoms with Gasteiger partial charge in [-0.15, -0.1) is 11.3 Å². The first-order chi connectivity index (χ1) is 12.2. The summed E-state index contributed by atoms with van der Waals surface area (Å²) >= 11 is 1.43. The van der Waals surface area contributed by atoms with E-state index in [0.29, 0.717) is 12.3 Å². The lowest BCUT2D eigenvalue weighted by Crippen LogP contribution is -2.12. The minimum atomic E-state index is -0.216. The summed E-state index contributed by atoms with van der Waals surface area (Å²) in [6.45, 7) is 6.07. The summed E-state index contributed by atoms with van der Waals surface area (Å²) in [6.07, 6.45) is 1.70. The van der Waals surface area contributed by atoms with E-state index < -0.39 is 0 Å². The van der Waals surface area contributed by atoms with Gasteiger partial charge in [0.05, 0.1) is 0 Å². The number of anilines is 1. The van der Waals surface area contributed by atoms with Crippen molar-refractivity contribution in [3.8, 4) is 16.3 Å². The Hall–Kier alpha value is -2.92. The van der Waals surface area contributed by atoms with E-state index in [1.54, 1.807) is 11.5 Å². The number of carbonyl (C=O) groups excluding carboxylic acids is 1. The van der Waals surface area contributed by atoms with E-state index in [2.05, 4.69) is 16.9 Å². The molecule has 4 nitrogen and oxygen atoms in total. The molecule has 1 N–H and O–H groups in total. The molecule has 3 aromatic rings. The second-order valence-corrected chi connectivity index (χ2v) is 6.35. The van der Waals surface area contributed by atoms with Crippen molar-refractivity contribution in [2.24, 2.45) is 0 Å². The maximum absolute atomic E-state index is 12.4. The fraction of sp³-hybridized carbons (Fsp3) is 0.100. The van der Waals surface area contributed by atoms with Crippen LogP contribution in [-0.2, 0) is 0 Å². The van der Waals surface area contributed by atoms with Gasteiger partial charge in [-0.3, -0.25) is 4.79 Å². The molecule has 0 aliphatic rings. The summed E-state index contributed by atoms with van der Waals surface area (Å²) in [5.41, 5.74) is 3.17. The summed E-state index contributed by atoms with van der Waals surface area (Å²) < 4.78 is 5.54. The Labute approximate surface area is 150 Å². The number of aryl methyl sites for hydroxylation is 1. The largest absolute Gasteiger partial charge is 0.490 e. The second kappa shape index (κ2) is 7.77. The molecule has 2 aromatic carbocycles. The fourth-order valence-electron chi connectivity index (χ4n) is 2.30. The maximum atomic E-state index is 12.4. The van der Waals surface area contributed by atoms with Gasteiger partial charge in [0, 0.05) is 16.6 Å². The van der Waals surface area contributed by atoms with E-state index in [1.807, 2.05) is 55.5 Å². The summed E-state index contributed by atoms with van der Waals surface area (Å²) in [7, 11) is 0. The zero-order chi connectivity index (χ0) is 17.6. The SMILES string of the molecule is C=CCOc1cccc(-c2nc(C(=O)Nc3cccc(C)c3)cs2)c1. The number of ether oxygens (including phenoxy) is 1. The Morgan fingerprint density at radius 3 is 2.92 bits per heavy atom. The minimum Gasteiger partial charge on any atom is -0.490 e. The molecule has 0 aliphatic carbocycles. The van der Waals surface area contributed by atoms with Gasteiger partial charge in [-0.1, -0.05) is 36.9 Å². The highest BCUT2D eigenvalue weighted by atomic mass is 32.1. The van der Waals surface area contributed by atoms with Crippen molar-refractivity contribution in [2.75, 3.05) is 11.9 Å². The molecule has 3 rings (SSSR count). The Balaban J connectivity index is 1.75. The van der Waals surface area contributed by atoms with E-state index in [9.17, 15) is 4.79 Å². The summed E-state index contributed by atoms with van der Waals surface area (Å²) in [5, 5.41) is 5.41. The Morgan fingerprint density at radius 2 is 2.12 bits per heavy atom. The number of nitrogens with one attached hydrogen (secondary N) is 1. The van der Waals surface area contributed by atoms with Gasteiger partial charge in [-0.2, -0.15) is 0 Å². The van der Waals surface area contributed by atoms with Crippen LogP contribution in [0.4, 0.5) is 5.69 Å². The molecule has 0 fully saturated rings. The highest BCUT2D eigenvalue weighted by Crippen LogP contribution is 2.27. The van der Waals surface area contributed by atoms with E-state index in [-0.39, 0.29) is 5.91 Å². The normalized spacial score (nSPS) is 10.3. The van der Waals surface area contributed by atoms with Crippen LogP contribution in [0.15, 0.2) is 66.6 Å². The lowest BCUT2D eigenvalue weighted by Gasteiger charge is -2.05. The van der Waals surface area contributed by atoms with Crippen molar-refractivity contribution < 1.29 is 9.53 Å². The first-order valence-corrected chi connectivity index (χ1v) is 8.71. The number of benzene rings is 2. The van der Waals surface area contributed by atoms with Crippen molar-refractivity contribution in [3.63, 3.8) is 0 Å². The number of nitrogens with zero attached hydrogens (tertiary/aromatic N) is 1. The van der Waals surface area contributed by atoms with Crippen molar-refractivity contribution in [1.29, 1.82) is 0 Å². The van der Waals surface area contributed by atoms with Gasteiger partial charge in [0.1, 0.15) is 23.1 Å². The quantitative estimate of drug-likeness (QED) is 0.641. The van der Waals surface area contributed by atoms with Gasteiger partial charge in [0.2, 0.25) is 0 Å².